The average Bonchev–Trinajstić information content (AvgIpc) is 3.68. The van der Waals surface area contributed by atoms with Gasteiger partial charge < -0.3 is 0 Å². The van der Waals surface area contributed by atoms with Crippen LogP contribution in [0.2, 0.25) is 0 Å². The van der Waals surface area contributed by atoms with Gasteiger partial charge >= 0.3 is 0 Å². The van der Waals surface area contributed by atoms with Crippen molar-refractivity contribution < 1.29 is 4.11 Å². The first kappa shape index (κ1) is 37.0. The fourth-order valence-corrected chi connectivity index (χ4v) is 3.39. The van der Waals surface area contributed by atoms with Gasteiger partial charge in [-0.3, -0.25) is 0 Å². The molecule has 0 spiro atoms. The van der Waals surface area contributed by atoms with Gasteiger partial charge in [-0.2, -0.15) is 0 Å². The lowest BCUT2D eigenvalue weighted by Gasteiger charge is -2.42. The van der Waals surface area contributed by atoms with Crippen molar-refractivity contribution in [3.05, 3.63) is 0 Å². The van der Waals surface area contributed by atoms with E-state index in [1.54, 1.807) is 13.8 Å². The summed E-state index contributed by atoms with van der Waals surface area (Å²) in [6.45, 7) is 40.4. The molecule has 0 N–H and O–H groups in total. The molecule has 0 radical (unpaired) electrons. The molecule has 0 aromatic carbocycles. The molecule has 0 amide bonds. The summed E-state index contributed by atoms with van der Waals surface area (Å²) in [6, 6.07) is 0. The molecule has 0 unspecified atom stereocenters. The first-order chi connectivity index (χ1) is 18.0. The lowest BCUT2D eigenvalue weighted by molar-refractivity contribution is 0.0934. The van der Waals surface area contributed by atoms with Crippen LogP contribution in [0.15, 0.2) is 0 Å². The molecule has 0 atom stereocenters. The summed E-state index contributed by atoms with van der Waals surface area (Å²) < 4.78 is 21.6. The summed E-state index contributed by atoms with van der Waals surface area (Å²) in [5.74, 6) is 4.69. The van der Waals surface area contributed by atoms with Crippen molar-refractivity contribution in [2.75, 3.05) is 0 Å². The number of hydrogen-bond donors (Lipinski definition) is 0. The molecule has 0 aromatic rings. The lowest BCUT2D eigenvalue weighted by atomic mass is 9.64. The summed E-state index contributed by atoms with van der Waals surface area (Å²) in [6.07, 6.45) is 10.3. The Balaban J connectivity index is -0.000000453. The molecule has 39 heavy (non-hydrogen) atoms. The zero-order valence-electron chi connectivity index (χ0n) is 33.4. The second-order valence-corrected chi connectivity index (χ2v) is 17.6. The monoisotopic (exact) mass is 556 g/mol. The normalized spacial score (nSPS) is 20.8. The van der Waals surface area contributed by atoms with E-state index in [2.05, 4.69) is 104 Å². The molecule has 0 heteroatoms. The molecule has 3 aliphatic carbocycles. The molecule has 0 bridgehead atoms. The Morgan fingerprint density at radius 2 is 0.872 bits per heavy atom. The van der Waals surface area contributed by atoms with E-state index in [-0.39, 0.29) is 13.3 Å². The third-order valence-corrected chi connectivity index (χ3v) is 11.6. The summed E-state index contributed by atoms with van der Waals surface area (Å²) >= 11 is 0. The predicted molar refractivity (Wildman–Crippen MR) is 186 cm³/mol. The highest BCUT2D eigenvalue weighted by Gasteiger charge is 2.40. The van der Waals surface area contributed by atoms with Crippen LogP contribution in [-0.4, -0.2) is 0 Å². The van der Waals surface area contributed by atoms with Gasteiger partial charge in [-0.1, -0.05) is 152 Å². The number of hydrogen-bond acceptors (Lipinski definition) is 0. The van der Waals surface area contributed by atoms with Crippen LogP contribution < -0.4 is 0 Å². The van der Waals surface area contributed by atoms with Gasteiger partial charge in [-0.15, -0.1) is 0 Å². The maximum atomic E-state index is 7.20. The van der Waals surface area contributed by atoms with Crippen molar-refractivity contribution in [2.24, 2.45) is 62.6 Å². The summed E-state index contributed by atoms with van der Waals surface area (Å²) in [7, 11) is 0. The molecule has 3 rings (SSSR count). The van der Waals surface area contributed by atoms with E-state index in [9.17, 15) is 0 Å². The third-order valence-electron chi connectivity index (χ3n) is 11.6. The van der Waals surface area contributed by atoms with Gasteiger partial charge in [0.25, 0.3) is 0 Å². The van der Waals surface area contributed by atoms with Gasteiger partial charge in [0, 0.05) is 4.11 Å². The minimum absolute atomic E-state index is 0. The van der Waals surface area contributed by atoms with Gasteiger partial charge in [-0.25, -0.2) is 0 Å². The fraction of sp³-hybridized carbons (Fsp3) is 1.00. The molecule has 0 heterocycles. The highest BCUT2D eigenvalue weighted by Crippen LogP contribution is 2.51. The van der Waals surface area contributed by atoms with E-state index < -0.39 is 12.3 Å². The van der Waals surface area contributed by atoms with Crippen LogP contribution in [0.25, 0.3) is 0 Å². The third kappa shape index (κ3) is 18.2. The summed E-state index contributed by atoms with van der Waals surface area (Å²) in [5, 5.41) is 0. The highest BCUT2D eigenvalue weighted by molar-refractivity contribution is 4.91. The van der Waals surface area contributed by atoms with E-state index >= 15 is 0 Å². The minimum Gasteiger partial charge on any atom is -0.0776 e. The smallest absolute Gasteiger partial charge is 0.0236 e. The standard InChI is InChI=1S/C9H18.C8H16.C7H14.2C7H16.CH4/c1-7(2)9(3,4)8-5-6-8;1-7(2)8(3)5-4-6-8;1-6(2)7(3)4-5-7;2*1-6(2)7(3,4)5;/h7-8H,5-6H2,1-4H3;7H,4-6H2,1-3H3;6H,4-5H2,1-3H3;2*6H,1-5H3;1H4/i;;;3D3;;. The molecule has 3 fully saturated rings. The van der Waals surface area contributed by atoms with Crippen molar-refractivity contribution in [2.45, 2.75) is 191 Å². The van der Waals surface area contributed by atoms with Gasteiger partial charge in [0.15, 0.2) is 0 Å². The molecule has 0 saturated heterocycles. The minimum atomic E-state index is -1.83. The summed E-state index contributed by atoms with van der Waals surface area (Å²) in [5.41, 5.74) is 2.02. The Morgan fingerprint density at radius 1 is 0.564 bits per heavy atom. The Labute approximate surface area is 257 Å². The van der Waals surface area contributed by atoms with Crippen molar-refractivity contribution in [1.82, 2.24) is 0 Å². The second-order valence-electron chi connectivity index (χ2n) is 17.6. The van der Waals surface area contributed by atoms with Crippen LogP contribution in [0.3, 0.4) is 0 Å². The molecule has 0 aliphatic heterocycles. The second kappa shape index (κ2) is 17.2. The van der Waals surface area contributed by atoms with Crippen molar-refractivity contribution >= 4 is 0 Å². The van der Waals surface area contributed by atoms with Gasteiger partial charge in [0.2, 0.25) is 0 Å². The van der Waals surface area contributed by atoms with Crippen molar-refractivity contribution in [3.63, 3.8) is 0 Å². The molecular weight excluding hydrogens is 468 g/mol. The van der Waals surface area contributed by atoms with Gasteiger partial charge in [0.1, 0.15) is 0 Å². The van der Waals surface area contributed by atoms with Crippen LogP contribution in [0.1, 0.15) is 195 Å². The Morgan fingerprint density at radius 3 is 0.897 bits per heavy atom. The molecule has 0 aromatic heterocycles. The van der Waals surface area contributed by atoms with E-state index in [0.717, 1.165) is 40.4 Å². The molecule has 3 saturated carbocycles. The first-order valence-corrected chi connectivity index (χ1v) is 16.5. The van der Waals surface area contributed by atoms with Crippen LogP contribution >= 0.6 is 0 Å². The molecule has 0 nitrogen and oxygen atoms in total. The van der Waals surface area contributed by atoms with E-state index in [1.165, 1.54) is 44.9 Å². The van der Waals surface area contributed by atoms with Gasteiger partial charge in [0.05, 0.1) is 0 Å². The topological polar surface area (TPSA) is 0 Å². The van der Waals surface area contributed by atoms with Crippen LogP contribution in [0, 0.1) is 62.6 Å². The van der Waals surface area contributed by atoms with Crippen molar-refractivity contribution in [1.29, 1.82) is 0 Å². The summed E-state index contributed by atoms with van der Waals surface area (Å²) in [4.78, 5) is 0. The quantitative estimate of drug-likeness (QED) is 0.323. The predicted octanol–water partition coefficient (Wildman–Crippen LogP) is 14.4. The Kier molecular flexibility index (Phi) is 16.3. The molecule has 240 valence electrons. The largest absolute Gasteiger partial charge is 0.0776 e. The lowest BCUT2D eigenvalue weighted by Crippen LogP contribution is -2.30. The number of rotatable bonds is 4. The van der Waals surface area contributed by atoms with Crippen LogP contribution in [-0.2, 0) is 0 Å². The fourth-order valence-electron chi connectivity index (χ4n) is 3.39. The van der Waals surface area contributed by atoms with E-state index in [1.807, 2.05) is 13.8 Å². The maximum Gasteiger partial charge on any atom is 0.0236 e. The van der Waals surface area contributed by atoms with E-state index in [4.69, 9.17) is 4.11 Å². The average molecular weight is 556 g/mol. The Bertz CT molecular complexity index is 673. The Hall–Kier alpha value is 0. The first-order valence-electron chi connectivity index (χ1n) is 18.0. The molecule has 3 aliphatic rings. The van der Waals surface area contributed by atoms with Crippen molar-refractivity contribution in [3.8, 4) is 0 Å². The SMILES string of the molecule is C.CC(C)C(C)(C)C.CC(C)C(C)(C)C1CC1.CC(C)C1(C)CC1.CC(C)C1(C)CCC1.[2H]C([2H])([2H])C(C)(C)C(C)C. The zero-order valence-corrected chi connectivity index (χ0v) is 30.4. The van der Waals surface area contributed by atoms with Crippen LogP contribution in [0.4, 0.5) is 0 Å². The maximum absolute atomic E-state index is 7.20. The van der Waals surface area contributed by atoms with E-state index in [0.29, 0.717) is 10.8 Å². The highest BCUT2D eigenvalue weighted by atomic mass is 14.5. The molecular formula is C39H84. The van der Waals surface area contributed by atoms with Crippen LogP contribution in [0.5, 0.6) is 0 Å². The van der Waals surface area contributed by atoms with Gasteiger partial charge in [-0.05, 0) is 101 Å². The zero-order chi connectivity index (χ0) is 33.4.